The van der Waals surface area contributed by atoms with Crippen LogP contribution in [-0.4, -0.2) is 22.9 Å². The predicted octanol–water partition coefficient (Wildman–Crippen LogP) is 1.20. The molecule has 1 aliphatic rings. The van der Waals surface area contributed by atoms with Crippen molar-refractivity contribution in [2.75, 3.05) is 0 Å². The van der Waals surface area contributed by atoms with Crippen LogP contribution in [0, 0.1) is 0 Å². The van der Waals surface area contributed by atoms with Gasteiger partial charge in [0.2, 0.25) is 0 Å². The van der Waals surface area contributed by atoms with Crippen LogP contribution in [0.5, 0.6) is 0 Å². The van der Waals surface area contributed by atoms with Gasteiger partial charge in [0.25, 0.3) is 11.8 Å². The molecule has 4 nitrogen and oxygen atoms in total. The molecule has 4 heteroatoms. The number of imide groups is 1. The molecule has 0 aliphatic carbocycles. The second kappa shape index (κ2) is 3.47. The molecule has 0 unspecified atom stereocenters. The maximum atomic E-state index is 11.8. The lowest BCUT2D eigenvalue weighted by atomic mass is 10.1. The average molecular weight is 204 g/mol. The maximum absolute atomic E-state index is 11.8. The van der Waals surface area contributed by atoms with Gasteiger partial charge in [-0.15, -0.1) is 0 Å². The molecule has 2 rings (SSSR count). The third-order valence-corrected chi connectivity index (χ3v) is 2.18. The summed E-state index contributed by atoms with van der Waals surface area (Å²) >= 11 is 0. The highest BCUT2D eigenvalue weighted by Crippen LogP contribution is 2.20. The number of nitrogens with zero attached hydrogens (tertiary/aromatic N) is 1. The SMILES string of the molecule is CC(C)NN1C(=O)c2ccccc2C1=O. The summed E-state index contributed by atoms with van der Waals surface area (Å²) in [5.74, 6) is -0.548. The molecule has 1 heterocycles. The summed E-state index contributed by atoms with van der Waals surface area (Å²) in [5.41, 5.74) is 3.76. The summed E-state index contributed by atoms with van der Waals surface area (Å²) in [6, 6.07) is 6.88. The Kier molecular flexibility index (Phi) is 2.28. The summed E-state index contributed by atoms with van der Waals surface area (Å²) in [6.07, 6.45) is 0. The van der Waals surface area contributed by atoms with E-state index in [1.54, 1.807) is 24.3 Å². The standard InChI is InChI=1S/C11H12N2O2/c1-7(2)12-13-10(14)8-5-3-4-6-9(8)11(13)15/h3-7,12H,1-2H3. The topological polar surface area (TPSA) is 49.4 Å². The van der Waals surface area contributed by atoms with E-state index >= 15 is 0 Å². The molecule has 78 valence electrons. The first-order valence-electron chi connectivity index (χ1n) is 4.85. The first-order valence-corrected chi connectivity index (χ1v) is 4.85. The summed E-state index contributed by atoms with van der Waals surface area (Å²) in [4.78, 5) is 23.6. The fourth-order valence-corrected chi connectivity index (χ4v) is 1.56. The molecule has 0 fully saturated rings. The highest BCUT2D eigenvalue weighted by atomic mass is 16.2. The molecular weight excluding hydrogens is 192 g/mol. The predicted molar refractivity (Wildman–Crippen MR) is 55.2 cm³/mol. The number of rotatable bonds is 2. The van der Waals surface area contributed by atoms with Crippen LogP contribution in [0.25, 0.3) is 0 Å². The van der Waals surface area contributed by atoms with Gasteiger partial charge in [-0.05, 0) is 26.0 Å². The Morgan fingerprint density at radius 3 is 1.93 bits per heavy atom. The molecule has 1 aliphatic heterocycles. The average Bonchev–Trinajstić information content (AvgIpc) is 2.44. The molecule has 1 aromatic carbocycles. The zero-order valence-electron chi connectivity index (χ0n) is 8.65. The lowest BCUT2D eigenvalue weighted by Gasteiger charge is -2.17. The van der Waals surface area contributed by atoms with Gasteiger partial charge in [-0.25, -0.2) is 10.4 Å². The van der Waals surface area contributed by atoms with Gasteiger partial charge < -0.3 is 0 Å². The van der Waals surface area contributed by atoms with Gasteiger partial charge in [0.1, 0.15) is 0 Å². The van der Waals surface area contributed by atoms with Gasteiger partial charge >= 0.3 is 0 Å². The van der Waals surface area contributed by atoms with Crippen LogP contribution in [0.2, 0.25) is 0 Å². The number of hydrogen-bond acceptors (Lipinski definition) is 3. The van der Waals surface area contributed by atoms with Crippen LogP contribution in [0.1, 0.15) is 34.6 Å². The van der Waals surface area contributed by atoms with Crippen molar-refractivity contribution < 1.29 is 9.59 Å². The Morgan fingerprint density at radius 2 is 1.53 bits per heavy atom. The van der Waals surface area contributed by atoms with Gasteiger partial charge in [-0.1, -0.05) is 12.1 Å². The molecule has 0 spiro atoms. The molecule has 0 radical (unpaired) electrons. The molecule has 2 amide bonds. The zero-order chi connectivity index (χ0) is 11.0. The number of benzene rings is 1. The number of fused-ring (bicyclic) bond motifs is 1. The van der Waals surface area contributed by atoms with Crippen molar-refractivity contribution >= 4 is 11.8 Å². The van der Waals surface area contributed by atoms with Crippen LogP contribution in [0.3, 0.4) is 0 Å². The third kappa shape index (κ3) is 1.53. The normalized spacial score (nSPS) is 15.0. The van der Waals surface area contributed by atoms with Crippen LogP contribution < -0.4 is 5.43 Å². The lowest BCUT2D eigenvalue weighted by molar-refractivity contribution is 0.0544. The molecule has 1 aromatic rings. The molecule has 0 bridgehead atoms. The third-order valence-electron chi connectivity index (χ3n) is 2.18. The van der Waals surface area contributed by atoms with Crippen molar-refractivity contribution in [1.82, 2.24) is 10.4 Å². The van der Waals surface area contributed by atoms with E-state index in [1.165, 1.54) is 0 Å². The molecule has 0 aromatic heterocycles. The van der Waals surface area contributed by atoms with Crippen molar-refractivity contribution in [3.05, 3.63) is 35.4 Å². The Bertz CT molecular complexity index is 391. The first-order chi connectivity index (χ1) is 7.11. The first kappa shape index (κ1) is 9.86. The highest BCUT2D eigenvalue weighted by molar-refractivity contribution is 6.20. The summed E-state index contributed by atoms with van der Waals surface area (Å²) in [6.45, 7) is 3.76. The number of nitrogens with one attached hydrogen (secondary N) is 1. The lowest BCUT2D eigenvalue weighted by Crippen LogP contribution is -2.45. The number of hydrogen-bond donors (Lipinski definition) is 1. The summed E-state index contributed by atoms with van der Waals surface area (Å²) in [7, 11) is 0. The van der Waals surface area contributed by atoms with Crippen molar-refractivity contribution in [2.45, 2.75) is 19.9 Å². The maximum Gasteiger partial charge on any atom is 0.276 e. The minimum atomic E-state index is -0.274. The molecule has 15 heavy (non-hydrogen) atoms. The monoisotopic (exact) mass is 204 g/mol. The van der Waals surface area contributed by atoms with Crippen LogP contribution in [-0.2, 0) is 0 Å². The van der Waals surface area contributed by atoms with Crippen LogP contribution in [0.15, 0.2) is 24.3 Å². The molecule has 0 atom stereocenters. The molecular formula is C11H12N2O2. The molecule has 0 saturated heterocycles. The van der Waals surface area contributed by atoms with Gasteiger partial charge in [-0.3, -0.25) is 9.59 Å². The van der Waals surface area contributed by atoms with Crippen LogP contribution >= 0.6 is 0 Å². The number of hydrazine groups is 1. The molecule has 1 N–H and O–H groups in total. The summed E-state index contributed by atoms with van der Waals surface area (Å²) < 4.78 is 0. The Balaban J connectivity index is 2.37. The smallest absolute Gasteiger partial charge is 0.267 e. The number of carbonyl (C=O) groups excluding carboxylic acids is 2. The van der Waals surface area contributed by atoms with E-state index < -0.39 is 0 Å². The number of carbonyl (C=O) groups is 2. The van der Waals surface area contributed by atoms with E-state index in [4.69, 9.17) is 0 Å². The fraction of sp³-hybridized carbons (Fsp3) is 0.273. The van der Waals surface area contributed by atoms with E-state index in [2.05, 4.69) is 5.43 Å². The quantitative estimate of drug-likeness (QED) is 0.736. The Labute approximate surface area is 87.9 Å². The van der Waals surface area contributed by atoms with E-state index in [0.717, 1.165) is 5.01 Å². The van der Waals surface area contributed by atoms with Gasteiger partial charge in [0.15, 0.2) is 0 Å². The van der Waals surface area contributed by atoms with Crippen LogP contribution in [0.4, 0.5) is 0 Å². The largest absolute Gasteiger partial charge is 0.276 e. The van der Waals surface area contributed by atoms with E-state index in [1.807, 2.05) is 13.8 Å². The molecule has 0 saturated carbocycles. The minimum absolute atomic E-state index is 0.0483. The van der Waals surface area contributed by atoms with Crippen molar-refractivity contribution in [3.63, 3.8) is 0 Å². The van der Waals surface area contributed by atoms with Crippen molar-refractivity contribution in [3.8, 4) is 0 Å². The zero-order valence-corrected chi connectivity index (χ0v) is 8.65. The van der Waals surface area contributed by atoms with E-state index in [-0.39, 0.29) is 17.9 Å². The second-order valence-corrected chi connectivity index (χ2v) is 3.78. The van der Waals surface area contributed by atoms with E-state index in [9.17, 15) is 9.59 Å². The van der Waals surface area contributed by atoms with Crippen molar-refractivity contribution in [1.29, 1.82) is 0 Å². The van der Waals surface area contributed by atoms with Crippen molar-refractivity contribution in [2.24, 2.45) is 0 Å². The van der Waals surface area contributed by atoms with Gasteiger partial charge in [-0.2, -0.15) is 0 Å². The highest BCUT2D eigenvalue weighted by Gasteiger charge is 2.35. The van der Waals surface area contributed by atoms with Gasteiger partial charge in [0, 0.05) is 6.04 Å². The Morgan fingerprint density at radius 1 is 1.07 bits per heavy atom. The Hall–Kier alpha value is -1.68. The minimum Gasteiger partial charge on any atom is -0.267 e. The summed E-state index contributed by atoms with van der Waals surface area (Å²) in [5, 5.41) is 1.08. The van der Waals surface area contributed by atoms with E-state index in [0.29, 0.717) is 11.1 Å². The fourth-order valence-electron chi connectivity index (χ4n) is 1.56. The second-order valence-electron chi connectivity index (χ2n) is 3.78. The number of amides is 2. The van der Waals surface area contributed by atoms with Gasteiger partial charge in [0.05, 0.1) is 11.1 Å².